The molecule has 1 saturated heterocycles. The highest BCUT2D eigenvalue weighted by molar-refractivity contribution is 5.01. The molecule has 3 atom stereocenters. The van der Waals surface area contributed by atoms with Gasteiger partial charge in [-0.25, -0.2) is 0 Å². The quantitative estimate of drug-likeness (QED) is 0.470. The lowest BCUT2D eigenvalue weighted by atomic mass is 10.2. The summed E-state index contributed by atoms with van der Waals surface area (Å²) in [5.74, 6) is 1.08. The van der Waals surface area contributed by atoms with Crippen molar-refractivity contribution in [3.63, 3.8) is 0 Å². The normalized spacial score (nSPS) is 57.0. The van der Waals surface area contributed by atoms with Crippen LogP contribution in [0.4, 0.5) is 0 Å². The van der Waals surface area contributed by atoms with Crippen LogP contribution in [0.5, 0.6) is 0 Å². The first-order valence-electron chi connectivity index (χ1n) is 3.12. The van der Waals surface area contributed by atoms with E-state index in [1.54, 1.807) is 0 Å². The van der Waals surface area contributed by atoms with Gasteiger partial charge in [0.1, 0.15) is 0 Å². The van der Waals surface area contributed by atoms with Gasteiger partial charge >= 0.3 is 0 Å². The molecule has 0 aromatic carbocycles. The lowest BCUT2D eigenvalue weighted by molar-refractivity contribution is 0.584. The standard InChI is InChI=1S/C6H11N/c1-4-2-5-3-6(5)7-4/h4-7H,2-3H2,1H3/t4-,5-,6+/m1/s1. The molecular formula is C6H11N. The molecule has 0 spiro atoms. The Hall–Kier alpha value is -0.0400. The zero-order chi connectivity index (χ0) is 4.85. The first-order valence-corrected chi connectivity index (χ1v) is 3.12. The Morgan fingerprint density at radius 3 is 2.57 bits per heavy atom. The lowest BCUT2D eigenvalue weighted by Crippen LogP contribution is -2.21. The van der Waals surface area contributed by atoms with Gasteiger partial charge in [-0.1, -0.05) is 0 Å². The summed E-state index contributed by atoms with van der Waals surface area (Å²) in [5.41, 5.74) is 0. The molecule has 0 aromatic heterocycles. The average molecular weight is 97.2 g/mol. The van der Waals surface area contributed by atoms with Crippen molar-refractivity contribution in [2.24, 2.45) is 5.92 Å². The minimum atomic E-state index is 0.823. The molecule has 7 heavy (non-hydrogen) atoms. The van der Waals surface area contributed by atoms with E-state index in [0.717, 1.165) is 18.0 Å². The van der Waals surface area contributed by atoms with Crippen LogP contribution in [0, 0.1) is 5.92 Å². The van der Waals surface area contributed by atoms with Gasteiger partial charge in [-0.05, 0) is 25.7 Å². The fourth-order valence-electron chi connectivity index (χ4n) is 1.60. The van der Waals surface area contributed by atoms with Crippen LogP contribution in [0.2, 0.25) is 0 Å². The number of hydrogen-bond donors (Lipinski definition) is 1. The van der Waals surface area contributed by atoms with Gasteiger partial charge in [0.05, 0.1) is 0 Å². The highest BCUT2D eigenvalue weighted by atomic mass is 15.0. The molecule has 40 valence electrons. The predicted octanol–water partition coefficient (Wildman–Crippen LogP) is 0.757. The topological polar surface area (TPSA) is 12.0 Å². The molecule has 0 amide bonds. The molecule has 2 aliphatic rings. The predicted molar refractivity (Wildman–Crippen MR) is 29.1 cm³/mol. The smallest absolute Gasteiger partial charge is 0.0102 e. The van der Waals surface area contributed by atoms with E-state index >= 15 is 0 Å². The summed E-state index contributed by atoms with van der Waals surface area (Å²) in [7, 11) is 0. The number of fused-ring (bicyclic) bond motifs is 1. The minimum Gasteiger partial charge on any atom is -0.311 e. The second kappa shape index (κ2) is 1.03. The summed E-state index contributed by atoms with van der Waals surface area (Å²) in [4.78, 5) is 0. The van der Waals surface area contributed by atoms with Gasteiger partial charge in [-0.3, -0.25) is 0 Å². The number of hydrogen-bond acceptors (Lipinski definition) is 1. The minimum absolute atomic E-state index is 0.823. The summed E-state index contributed by atoms with van der Waals surface area (Å²) in [6.45, 7) is 2.27. The molecule has 1 heteroatoms. The van der Waals surface area contributed by atoms with Gasteiger partial charge in [0.15, 0.2) is 0 Å². The molecule has 0 aromatic rings. The van der Waals surface area contributed by atoms with Crippen molar-refractivity contribution in [1.29, 1.82) is 0 Å². The van der Waals surface area contributed by atoms with Crippen molar-refractivity contribution >= 4 is 0 Å². The lowest BCUT2D eigenvalue weighted by Gasteiger charge is -2.01. The van der Waals surface area contributed by atoms with Crippen LogP contribution in [0.15, 0.2) is 0 Å². The van der Waals surface area contributed by atoms with E-state index in [1.807, 2.05) is 0 Å². The van der Waals surface area contributed by atoms with Crippen LogP contribution in [0.25, 0.3) is 0 Å². The van der Waals surface area contributed by atoms with Crippen molar-refractivity contribution in [3.8, 4) is 0 Å². The summed E-state index contributed by atoms with van der Waals surface area (Å²) in [6, 6.07) is 1.76. The Kier molecular flexibility index (Phi) is 0.571. The zero-order valence-corrected chi connectivity index (χ0v) is 4.65. The van der Waals surface area contributed by atoms with Crippen LogP contribution in [0.3, 0.4) is 0 Å². The molecule has 1 N–H and O–H groups in total. The highest BCUT2D eigenvalue weighted by Crippen LogP contribution is 2.40. The number of piperidine rings is 1. The van der Waals surface area contributed by atoms with Gasteiger partial charge in [0.25, 0.3) is 0 Å². The van der Waals surface area contributed by atoms with E-state index in [-0.39, 0.29) is 0 Å². The van der Waals surface area contributed by atoms with Gasteiger partial charge in [-0.15, -0.1) is 0 Å². The molecule has 2 rings (SSSR count). The van der Waals surface area contributed by atoms with Gasteiger partial charge < -0.3 is 5.32 Å². The van der Waals surface area contributed by atoms with E-state index < -0.39 is 0 Å². The Morgan fingerprint density at radius 1 is 1.43 bits per heavy atom. The molecule has 1 nitrogen and oxygen atoms in total. The van der Waals surface area contributed by atoms with Crippen LogP contribution >= 0.6 is 0 Å². The monoisotopic (exact) mass is 97.1 g/mol. The molecule has 2 fully saturated rings. The highest BCUT2D eigenvalue weighted by Gasteiger charge is 2.43. The molecule has 1 aliphatic heterocycles. The molecule has 0 radical (unpaired) electrons. The third-order valence-electron chi connectivity index (χ3n) is 2.08. The maximum atomic E-state index is 3.49. The molecule has 0 unspecified atom stereocenters. The van der Waals surface area contributed by atoms with Gasteiger partial charge in [-0.2, -0.15) is 0 Å². The van der Waals surface area contributed by atoms with Gasteiger partial charge in [0, 0.05) is 12.1 Å². The first-order chi connectivity index (χ1) is 3.36. The van der Waals surface area contributed by atoms with Crippen LogP contribution in [-0.4, -0.2) is 12.1 Å². The first kappa shape index (κ1) is 3.90. The van der Waals surface area contributed by atoms with Crippen LogP contribution < -0.4 is 5.32 Å². The molecule has 0 bridgehead atoms. The summed E-state index contributed by atoms with van der Waals surface area (Å²) < 4.78 is 0. The largest absolute Gasteiger partial charge is 0.311 e. The van der Waals surface area contributed by atoms with E-state index in [9.17, 15) is 0 Å². The Labute approximate surface area is 44.1 Å². The second-order valence-electron chi connectivity index (χ2n) is 2.91. The molecule has 1 saturated carbocycles. The van der Waals surface area contributed by atoms with E-state index in [2.05, 4.69) is 12.2 Å². The van der Waals surface area contributed by atoms with Crippen molar-refractivity contribution in [3.05, 3.63) is 0 Å². The van der Waals surface area contributed by atoms with Gasteiger partial charge in [0.2, 0.25) is 0 Å². The Balaban J connectivity index is 2.02. The SMILES string of the molecule is C[C@@H]1C[C@@H]2C[C@@H]2N1. The van der Waals surface area contributed by atoms with Crippen molar-refractivity contribution < 1.29 is 0 Å². The summed E-state index contributed by atoms with van der Waals surface area (Å²) in [6.07, 6.45) is 2.90. The van der Waals surface area contributed by atoms with E-state index in [4.69, 9.17) is 0 Å². The number of nitrogens with one attached hydrogen (secondary N) is 1. The van der Waals surface area contributed by atoms with Crippen molar-refractivity contribution in [2.45, 2.75) is 31.8 Å². The maximum Gasteiger partial charge on any atom is 0.0102 e. The Bertz CT molecular complexity index is 80.2. The fourth-order valence-corrected chi connectivity index (χ4v) is 1.60. The third kappa shape index (κ3) is 0.480. The number of rotatable bonds is 0. The zero-order valence-electron chi connectivity index (χ0n) is 4.65. The summed E-state index contributed by atoms with van der Waals surface area (Å²) >= 11 is 0. The molecular weight excluding hydrogens is 86.1 g/mol. The molecule has 1 aliphatic carbocycles. The fraction of sp³-hybridized carbons (Fsp3) is 1.00. The summed E-state index contributed by atoms with van der Waals surface area (Å²) in [5, 5.41) is 3.49. The van der Waals surface area contributed by atoms with Crippen LogP contribution in [0.1, 0.15) is 19.8 Å². The van der Waals surface area contributed by atoms with E-state index in [0.29, 0.717) is 0 Å². The van der Waals surface area contributed by atoms with Crippen LogP contribution in [-0.2, 0) is 0 Å². The third-order valence-corrected chi connectivity index (χ3v) is 2.08. The maximum absolute atomic E-state index is 3.49. The average Bonchev–Trinajstić information content (AvgIpc) is 2.15. The van der Waals surface area contributed by atoms with E-state index in [1.165, 1.54) is 12.8 Å². The van der Waals surface area contributed by atoms with Crippen molar-refractivity contribution in [1.82, 2.24) is 5.32 Å². The second-order valence-corrected chi connectivity index (χ2v) is 2.91. The molecule has 1 heterocycles. The van der Waals surface area contributed by atoms with Crippen molar-refractivity contribution in [2.75, 3.05) is 0 Å². The Morgan fingerprint density at radius 2 is 2.29 bits per heavy atom.